The summed E-state index contributed by atoms with van der Waals surface area (Å²) in [4.78, 5) is 26.5. The van der Waals surface area contributed by atoms with E-state index < -0.39 is 0 Å². The van der Waals surface area contributed by atoms with Crippen LogP contribution < -0.4 is 5.32 Å². The molecule has 1 N–H and O–H groups in total. The first-order valence-electron chi connectivity index (χ1n) is 7.85. The number of rotatable bonds is 4. The zero-order valence-corrected chi connectivity index (χ0v) is 12.7. The van der Waals surface area contributed by atoms with E-state index >= 15 is 0 Å². The van der Waals surface area contributed by atoms with Crippen LogP contribution in [0.4, 0.5) is 0 Å². The van der Waals surface area contributed by atoms with Crippen LogP contribution in [0.1, 0.15) is 45.4 Å². The Balaban J connectivity index is 1.47. The third kappa shape index (κ3) is 2.05. The fourth-order valence-electron chi connectivity index (χ4n) is 3.81. The van der Waals surface area contributed by atoms with Gasteiger partial charge in [0.25, 0.3) is 0 Å². The highest BCUT2D eigenvalue weighted by Gasteiger charge is 2.53. The molecule has 20 heavy (non-hydrogen) atoms. The minimum atomic E-state index is -0.236. The van der Waals surface area contributed by atoms with Gasteiger partial charge < -0.3 is 10.2 Å². The Labute approximate surface area is 124 Å². The molecule has 4 aliphatic rings. The van der Waals surface area contributed by atoms with Gasteiger partial charge in [0.1, 0.15) is 6.04 Å². The predicted octanol–water partition coefficient (Wildman–Crippen LogP) is 1.75. The Morgan fingerprint density at radius 3 is 2.60 bits per heavy atom. The summed E-state index contributed by atoms with van der Waals surface area (Å²) in [6.07, 6.45) is 6.54. The minimum absolute atomic E-state index is 0.0975. The lowest BCUT2D eigenvalue weighted by molar-refractivity contribution is -0.138. The van der Waals surface area contributed by atoms with Crippen molar-refractivity contribution < 1.29 is 9.59 Å². The Hall–Kier alpha value is -0.710. The summed E-state index contributed by atoms with van der Waals surface area (Å²) < 4.78 is 0. The quantitative estimate of drug-likeness (QED) is 0.859. The molecule has 4 rings (SSSR count). The number of hydrogen-bond donors (Lipinski definition) is 1. The molecule has 0 unspecified atom stereocenters. The Kier molecular flexibility index (Phi) is 2.85. The molecular formula is C15H22N2O2S. The van der Waals surface area contributed by atoms with Crippen molar-refractivity contribution in [3.8, 4) is 0 Å². The summed E-state index contributed by atoms with van der Waals surface area (Å²) in [7, 11) is 0. The molecule has 4 nitrogen and oxygen atoms in total. The maximum atomic E-state index is 12.6. The van der Waals surface area contributed by atoms with E-state index in [0.717, 1.165) is 12.2 Å². The number of nitrogens with zero attached hydrogens (tertiary/aromatic N) is 1. The van der Waals surface area contributed by atoms with Gasteiger partial charge in [0, 0.05) is 18.2 Å². The number of carbonyl (C=O) groups is 2. The van der Waals surface area contributed by atoms with E-state index in [1.165, 1.54) is 25.7 Å². The molecule has 2 aliphatic carbocycles. The summed E-state index contributed by atoms with van der Waals surface area (Å²) in [5.41, 5.74) is 0. The van der Waals surface area contributed by atoms with Crippen LogP contribution in [0.3, 0.4) is 0 Å². The average Bonchev–Trinajstić information content (AvgIpc) is 3.31. The van der Waals surface area contributed by atoms with E-state index in [9.17, 15) is 9.59 Å². The largest absolute Gasteiger partial charge is 0.351 e. The number of amides is 2. The van der Waals surface area contributed by atoms with Gasteiger partial charge in [-0.15, -0.1) is 11.8 Å². The van der Waals surface area contributed by atoms with Gasteiger partial charge in [-0.3, -0.25) is 9.59 Å². The fraction of sp³-hybridized carbons (Fsp3) is 0.867. The van der Waals surface area contributed by atoms with Crippen molar-refractivity contribution >= 4 is 23.6 Å². The molecule has 2 atom stereocenters. The van der Waals surface area contributed by atoms with E-state index in [1.807, 2.05) is 4.90 Å². The first-order valence-corrected chi connectivity index (χ1v) is 8.83. The van der Waals surface area contributed by atoms with E-state index in [4.69, 9.17) is 0 Å². The fourth-order valence-corrected chi connectivity index (χ4v) is 5.24. The van der Waals surface area contributed by atoms with Gasteiger partial charge in [-0.05, 0) is 50.9 Å². The molecule has 5 heteroatoms. The molecule has 2 saturated carbocycles. The lowest BCUT2D eigenvalue weighted by Crippen LogP contribution is -2.52. The van der Waals surface area contributed by atoms with Crippen LogP contribution in [-0.4, -0.2) is 39.4 Å². The molecule has 0 aromatic heterocycles. The zero-order valence-electron chi connectivity index (χ0n) is 11.9. The van der Waals surface area contributed by atoms with Gasteiger partial charge in [0.05, 0.1) is 4.87 Å². The molecule has 4 fully saturated rings. The van der Waals surface area contributed by atoms with Gasteiger partial charge in [0.15, 0.2) is 0 Å². The second-order valence-electron chi connectivity index (χ2n) is 6.97. The van der Waals surface area contributed by atoms with Crippen molar-refractivity contribution in [3.63, 3.8) is 0 Å². The van der Waals surface area contributed by atoms with Gasteiger partial charge in [-0.25, -0.2) is 0 Å². The minimum Gasteiger partial charge on any atom is -0.351 e. The van der Waals surface area contributed by atoms with Crippen LogP contribution in [-0.2, 0) is 9.59 Å². The smallest absolute Gasteiger partial charge is 0.243 e. The van der Waals surface area contributed by atoms with Crippen molar-refractivity contribution in [1.29, 1.82) is 0 Å². The molecule has 0 aromatic rings. The van der Waals surface area contributed by atoms with Crippen molar-refractivity contribution in [2.45, 2.75) is 62.4 Å². The Morgan fingerprint density at radius 1 is 1.35 bits per heavy atom. The number of thioether (sulfide) groups is 1. The van der Waals surface area contributed by atoms with Crippen molar-refractivity contribution in [3.05, 3.63) is 0 Å². The Morgan fingerprint density at radius 2 is 2.00 bits per heavy atom. The van der Waals surface area contributed by atoms with E-state index in [1.54, 1.807) is 11.8 Å². The number of carbonyl (C=O) groups excluding carboxylic acids is 2. The van der Waals surface area contributed by atoms with E-state index in [2.05, 4.69) is 12.2 Å². The van der Waals surface area contributed by atoms with Crippen LogP contribution >= 0.6 is 11.8 Å². The van der Waals surface area contributed by atoms with Crippen LogP contribution in [0.15, 0.2) is 0 Å². The van der Waals surface area contributed by atoms with Crippen LogP contribution in [0.2, 0.25) is 0 Å². The topological polar surface area (TPSA) is 49.4 Å². The summed E-state index contributed by atoms with van der Waals surface area (Å²) in [6, 6.07) is 0.150. The zero-order chi connectivity index (χ0) is 13.9. The molecule has 2 amide bonds. The molecule has 110 valence electrons. The standard InChI is InChI=1S/C15H22N2O2S/c1-15-7-6-12(18)17(15)11(8-20-15)14(19)16-13(9-2-3-9)10-4-5-10/h9-11,13H,2-8H2,1H3,(H,16,19)/t11-,15+/m0/s1. The highest BCUT2D eigenvalue weighted by Crippen LogP contribution is 2.48. The molecular weight excluding hydrogens is 272 g/mol. The summed E-state index contributed by atoms with van der Waals surface area (Å²) in [5, 5.41) is 3.29. The molecule has 2 heterocycles. The van der Waals surface area contributed by atoms with Crippen molar-refractivity contribution in [2.24, 2.45) is 11.8 Å². The normalized spacial score (nSPS) is 36.6. The van der Waals surface area contributed by atoms with Crippen molar-refractivity contribution in [1.82, 2.24) is 10.2 Å². The maximum absolute atomic E-state index is 12.6. The molecule has 0 spiro atoms. The first-order chi connectivity index (χ1) is 9.58. The molecule has 0 radical (unpaired) electrons. The molecule has 0 aromatic carbocycles. The van der Waals surface area contributed by atoms with Crippen molar-refractivity contribution in [2.75, 3.05) is 5.75 Å². The van der Waals surface area contributed by atoms with Crippen LogP contribution in [0, 0.1) is 11.8 Å². The number of fused-ring (bicyclic) bond motifs is 1. The van der Waals surface area contributed by atoms with Gasteiger partial charge in [0.2, 0.25) is 11.8 Å². The number of hydrogen-bond acceptors (Lipinski definition) is 3. The monoisotopic (exact) mass is 294 g/mol. The van der Waals surface area contributed by atoms with E-state index in [0.29, 0.717) is 24.3 Å². The first kappa shape index (κ1) is 13.0. The van der Waals surface area contributed by atoms with Gasteiger partial charge in [-0.1, -0.05) is 0 Å². The third-order valence-corrected chi connectivity index (χ3v) is 6.82. The van der Waals surface area contributed by atoms with E-state index in [-0.39, 0.29) is 22.7 Å². The SMILES string of the molecule is C[C@@]12CCC(=O)N1[C@H](C(=O)NC(C1CC1)C1CC1)CS2. The third-order valence-electron chi connectivity index (χ3n) is 5.32. The highest BCUT2D eigenvalue weighted by atomic mass is 32.2. The number of nitrogens with one attached hydrogen (secondary N) is 1. The lowest BCUT2D eigenvalue weighted by Gasteiger charge is -2.31. The average molecular weight is 294 g/mol. The summed E-state index contributed by atoms with van der Waals surface area (Å²) in [6.45, 7) is 2.11. The summed E-state index contributed by atoms with van der Waals surface area (Å²) in [5.74, 6) is 2.44. The Bertz CT molecular complexity index is 449. The van der Waals surface area contributed by atoms with Gasteiger partial charge in [-0.2, -0.15) is 0 Å². The lowest BCUT2D eigenvalue weighted by atomic mass is 10.1. The predicted molar refractivity (Wildman–Crippen MR) is 78.1 cm³/mol. The maximum Gasteiger partial charge on any atom is 0.243 e. The second-order valence-corrected chi connectivity index (χ2v) is 8.48. The van der Waals surface area contributed by atoms with Crippen LogP contribution in [0.5, 0.6) is 0 Å². The van der Waals surface area contributed by atoms with Gasteiger partial charge >= 0.3 is 0 Å². The molecule has 0 bridgehead atoms. The van der Waals surface area contributed by atoms with Crippen LogP contribution in [0.25, 0.3) is 0 Å². The molecule has 2 aliphatic heterocycles. The highest BCUT2D eigenvalue weighted by molar-refractivity contribution is 8.01. The summed E-state index contributed by atoms with van der Waals surface area (Å²) >= 11 is 1.77. The molecule has 2 saturated heterocycles. The second kappa shape index (κ2) is 4.39.